The summed E-state index contributed by atoms with van der Waals surface area (Å²) in [6.45, 7) is 3.55. The molecule has 186 valence electrons. The van der Waals surface area contributed by atoms with E-state index in [1.807, 2.05) is 31.2 Å². The number of pyridine rings is 2. The van der Waals surface area contributed by atoms with Gasteiger partial charge in [-0.25, -0.2) is 4.98 Å². The standard InChI is InChI=1S/C26H27N5O5/c1-3-22(32)29-12-14-30(15-13-29)23(33)16-36-26-19-7-5-4-6-18(19)25(34)31(26)20-10-8-17-9-11-21(35-2)28-24(17)27-20/h4-11,26H,3,12-16H2,1-2H3. The van der Waals surface area contributed by atoms with Gasteiger partial charge in [0.1, 0.15) is 12.4 Å². The predicted octanol–water partition coefficient (Wildman–Crippen LogP) is 2.39. The second-order valence-corrected chi connectivity index (χ2v) is 8.61. The third kappa shape index (κ3) is 4.35. The Bertz CT molecular complexity index is 1320. The van der Waals surface area contributed by atoms with Crippen molar-refractivity contribution in [3.8, 4) is 5.88 Å². The molecule has 0 N–H and O–H groups in total. The third-order valence-electron chi connectivity index (χ3n) is 6.53. The Hall–Kier alpha value is -4.05. The monoisotopic (exact) mass is 489 g/mol. The van der Waals surface area contributed by atoms with Crippen LogP contribution in [0.25, 0.3) is 11.0 Å². The van der Waals surface area contributed by atoms with Gasteiger partial charge >= 0.3 is 0 Å². The van der Waals surface area contributed by atoms with Gasteiger partial charge in [-0.1, -0.05) is 25.1 Å². The maximum Gasteiger partial charge on any atom is 0.262 e. The average Bonchev–Trinajstić information content (AvgIpc) is 3.22. The predicted molar refractivity (Wildman–Crippen MR) is 131 cm³/mol. The largest absolute Gasteiger partial charge is 0.481 e. The lowest BCUT2D eigenvalue weighted by atomic mass is 10.1. The van der Waals surface area contributed by atoms with Crippen LogP contribution in [0.1, 0.15) is 35.5 Å². The van der Waals surface area contributed by atoms with E-state index in [0.717, 1.165) is 5.39 Å². The van der Waals surface area contributed by atoms with E-state index in [1.165, 1.54) is 12.0 Å². The summed E-state index contributed by atoms with van der Waals surface area (Å²) in [4.78, 5) is 52.1. The number of methoxy groups -OCH3 is 1. The van der Waals surface area contributed by atoms with Crippen LogP contribution in [0, 0.1) is 0 Å². The molecular weight excluding hydrogens is 462 g/mol. The molecule has 0 saturated carbocycles. The van der Waals surface area contributed by atoms with Gasteiger partial charge in [0.15, 0.2) is 11.9 Å². The van der Waals surface area contributed by atoms with Gasteiger partial charge in [0.05, 0.1) is 7.11 Å². The molecule has 3 amide bonds. The Labute approximate surface area is 208 Å². The fourth-order valence-corrected chi connectivity index (χ4v) is 4.56. The number of fused-ring (bicyclic) bond motifs is 2. The maximum absolute atomic E-state index is 13.4. The number of benzene rings is 1. The highest BCUT2D eigenvalue weighted by Gasteiger charge is 2.40. The summed E-state index contributed by atoms with van der Waals surface area (Å²) in [6.07, 6.45) is -0.358. The van der Waals surface area contributed by atoms with Crippen molar-refractivity contribution >= 4 is 34.6 Å². The zero-order chi connectivity index (χ0) is 25.2. The van der Waals surface area contributed by atoms with Gasteiger partial charge in [-0.05, 0) is 24.3 Å². The Kier molecular flexibility index (Phi) is 6.51. The number of anilines is 1. The van der Waals surface area contributed by atoms with Crippen LogP contribution in [0.2, 0.25) is 0 Å². The number of rotatable bonds is 6. The van der Waals surface area contributed by atoms with Crippen molar-refractivity contribution in [2.45, 2.75) is 19.6 Å². The van der Waals surface area contributed by atoms with E-state index in [9.17, 15) is 14.4 Å². The lowest BCUT2D eigenvalue weighted by Gasteiger charge is -2.35. The molecule has 1 saturated heterocycles. The zero-order valence-corrected chi connectivity index (χ0v) is 20.2. The molecule has 10 nitrogen and oxygen atoms in total. The molecule has 1 unspecified atom stereocenters. The first-order valence-corrected chi connectivity index (χ1v) is 11.9. The van der Waals surface area contributed by atoms with Crippen molar-refractivity contribution in [2.75, 3.05) is 44.8 Å². The summed E-state index contributed by atoms with van der Waals surface area (Å²) < 4.78 is 11.3. The Morgan fingerprint density at radius 2 is 1.64 bits per heavy atom. The number of aromatic nitrogens is 2. The van der Waals surface area contributed by atoms with Crippen molar-refractivity contribution in [1.82, 2.24) is 19.8 Å². The summed E-state index contributed by atoms with van der Waals surface area (Å²) in [5.74, 6) is 0.429. The van der Waals surface area contributed by atoms with Crippen LogP contribution < -0.4 is 9.64 Å². The van der Waals surface area contributed by atoms with Gasteiger partial charge in [-0.2, -0.15) is 4.98 Å². The molecule has 4 heterocycles. The number of ether oxygens (including phenoxy) is 2. The van der Waals surface area contributed by atoms with Gasteiger partial charge in [0.25, 0.3) is 5.91 Å². The smallest absolute Gasteiger partial charge is 0.262 e. The van der Waals surface area contributed by atoms with Gasteiger partial charge in [0, 0.05) is 55.2 Å². The van der Waals surface area contributed by atoms with Crippen LogP contribution >= 0.6 is 0 Å². The molecule has 0 aliphatic carbocycles. The highest BCUT2D eigenvalue weighted by Crippen LogP contribution is 2.38. The number of hydrogen-bond acceptors (Lipinski definition) is 7. The molecule has 10 heteroatoms. The Balaban J connectivity index is 1.36. The van der Waals surface area contributed by atoms with E-state index in [4.69, 9.17) is 9.47 Å². The van der Waals surface area contributed by atoms with E-state index in [0.29, 0.717) is 61.1 Å². The van der Waals surface area contributed by atoms with Gasteiger partial charge in [0.2, 0.25) is 17.7 Å². The molecule has 5 rings (SSSR count). The Morgan fingerprint density at radius 3 is 2.36 bits per heavy atom. The van der Waals surface area contributed by atoms with E-state index >= 15 is 0 Å². The second-order valence-electron chi connectivity index (χ2n) is 8.61. The molecule has 3 aromatic rings. The number of carbonyl (C=O) groups excluding carboxylic acids is 3. The van der Waals surface area contributed by atoms with Gasteiger partial charge < -0.3 is 19.3 Å². The van der Waals surface area contributed by atoms with Crippen molar-refractivity contribution in [1.29, 1.82) is 0 Å². The van der Waals surface area contributed by atoms with E-state index in [2.05, 4.69) is 9.97 Å². The number of hydrogen-bond donors (Lipinski definition) is 0. The number of amides is 3. The first-order chi connectivity index (χ1) is 17.5. The zero-order valence-electron chi connectivity index (χ0n) is 20.2. The molecule has 2 aromatic heterocycles. The quantitative estimate of drug-likeness (QED) is 0.524. The van der Waals surface area contributed by atoms with Crippen molar-refractivity contribution in [3.05, 3.63) is 59.7 Å². The lowest BCUT2D eigenvalue weighted by molar-refractivity contribution is -0.143. The molecule has 2 aliphatic heterocycles. The summed E-state index contributed by atoms with van der Waals surface area (Å²) in [5, 5.41) is 0.803. The maximum atomic E-state index is 13.4. The van der Waals surface area contributed by atoms with E-state index in [1.54, 1.807) is 34.1 Å². The van der Waals surface area contributed by atoms with Crippen molar-refractivity contribution in [3.63, 3.8) is 0 Å². The first kappa shape index (κ1) is 23.7. The molecule has 2 aliphatic rings. The molecule has 1 fully saturated rings. The molecule has 36 heavy (non-hydrogen) atoms. The average molecular weight is 490 g/mol. The summed E-state index contributed by atoms with van der Waals surface area (Å²) >= 11 is 0. The lowest BCUT2D eigenvalue weighted by Crippen LogP contribution is -2.51. The molecule has 0 spiro atoms. The highest BCUT2D eigenvalue weighted by molar-refractivity contribution is 6.10. The Morgan fingerprint density at radius 1 is 0.944 bits per heavy atom. The third-order valence-corrected chi connectivity index (χ3v) is 6.53. The van der Waals surface area contributed by atoms with Crippen molar-refractivity contribution in [2.24, 2.45) is 0 Å². The second kappa shape index (κ2) is 9.90. The SMILES string of the molecule is CCC(=O)N1CCN(C(=O)COC2c3ccccc3C(=O)N2c2ccc3ccc(OC)nc3n2)CC1. The molecule has 1 atom stereocenters. The molecular formula is C26H27N5O5. The van der Waals surface area contributed by atoms with E-state index in [-0.39, 0.29) is 24.3 Å². The number of nitrogens with zero attached hydrogens (tertiary/aromatic N) is 5. The van der Waals surface area contributed by atoms with Crippen LogP contribution in [-0.2, 0) is 14.3 Å². The van der Waals surface area contributed by atoms with Crippen molar-refractivity contribution < 1.29 is 23.9 Å². The molecule has 1 aromatic carbocycles. The number of piperazine rings is 1. The minimum absolute atomic E-state index is 0.0880. The minimum atomic E-state index is -0.809. The number of carbonyl (C=O) groups is 3. The van der Waals surface area contributed by atoms with Crippen LogP contribution in [0.5, 0.6) is 5.88 Å². The molecule has 0 radical (unpaired) electrons. The first-order valence-electron chi connectivity index (χ1n) is 11.9. The summed E-state index contributed by atoms with van der Waals surface area (Å²) in [7, 11) is 1.53. The van der Waals surface area contributed by atoms with Crippen LogP contribution in [0.4, 0.5) is 5.82 Å². The molecule has 0 bridgehead atoms. The topological polar surface area (TPSA) is 105 Å². The fourth-order valence-electron chi connectivity index (χ4n) is 4.56. The van der Waals surface area contributed by atoms with Gasteiger partial charge in [-0.3, -0.25) is 19.3 Å². The highest BCUT2D eigenvalue weighted by atomic mass is 16.5. The summed E-state index contributed by atoms with van der Waals surface area (Å²) in [5.41, 5.74) is 1.61. The fraction of sp³-hybridized carbons (Fsp3) is 0.346. The van der Waals surface area contributed by atoms with Crippen LogP contribution in [0.3, 0.4) is 0 Å². The van der Waals surface area contributed by atoms with Gasteiger partial charge in [-0.15, -0.1) is 0 Å². The van der Waals surface area contributed by atoms with Crippen LogP contribution in [0.15, 0.2) is 48.5 Å². The van der Waals surface area contributed by atoms with Crippen LogP contribution in [-0.4, -0.2) is 77.4 Å². The minimum Gasteiger partial charge on any atom is -0.481 e. The van der Waals surface area contributed by atoms with E-state index < -0.39 is 6.23 Å². The summed E-state index contributed by atoms with van der Waals surface area (Å²) in [6, 6.07) is 14.3. The normalized spacial score (nSPS) is 17.4.